The zero-order valence-electron chi connectivity index (χ0n) is 26.4. The van der Waals surface area contributed by atoms with E-state index in [1.54, 1.807) is 18.0 Å². The first-order chi connectivity index (χ1) is 19.5. The van der Waals surface area contributed by atoms with Crippen LogP contribution in [0.5, 0.6) is 0 Å². The van der Waals surface area contributed by atoms with E-state index in [0.717, 1.165) is 6.04 Å². The summed E-state index contributed by atoms with van der Waals surface area (Å²) < 4.78 is 7.60. The lowest BCUT2D eigenvalue weighted by molar-refractivity contribution is 0.730. The van der Waals surface area contributed by atoms with E-state index < -0.39 is 24.9 Å². The summed E-state index contributed by atoms with van der Waals surface area (Å²) in [5.41, 5.74) is 0. The fraction of sp³-hybridized carbons (Fsp3) is 0.394. The monoisotopic (exact) mass is 761 g/mol. The van der Waals surface area contributed by atoms with E-state index in [1.165, 1.54) is 28.2 Å². The Morgan fingerprint density at radius 1 is 0.548 bits per heavy atom. The van der Waals surface area contributed by atoms with Gasteiger partial charge >= 0.3 is 0 Å². The summed E-state index contributed by atoms with van der Waals surface area (Å²) in [5, 5.41) is 0.706. The molecule has 0 amide bonds. The molecule has 0 aliphatic carbocycles. The molecule has 9 heteroatoms. The average molecular weight is 763 g/mol. The molecule has 0 aliphatic rings. The Balaban J connectivity index is 1.47. The molecule has 0 unspecified atom stereocenters. The average Bonchev–Trinajstić information content (AvgIpc) is 3.69. The molecule has 0 nitrogen and oxygen atoms in total. The third kappa shape index (κ3) is 6.60. The molecule has 0 saturated heterocycles. The van der Waals surface area contributed by atoms with Crippen molar-refractivity contribution in [1.29, 1.82) is 0 Å². The standard InChI is InChI=1S/C33H42BrS5Si3/c1-32(2,3)41(7,8)30-19-14-25(38-30)23-12-17-28(36-23)40(21-22-11-16-27(34)35-22)29-18-13-24(37-29)26-15-20-31(39-26)42(9,10)33(4,5)6/h11-20H,21H2,1-10H3. The molecule has 42 heavy (non-hydrogen) atoms. The third-order valence-electron chi connectivity index (χ3n) is 9.47. The van der Waals surface area contributed by atoms with Gasteiger partial charge in [-0.15, -0.1) is 56.7 Å². The van der Waals surface area contributed by atoms with Crippen LogP contribution >= 0.6 is 72.6 Å². The Morgan fingerprint density at radius 3 is 1.33 bits per heavy atom. The van der Waals surface area contributed by atoms with Crippen molar-refractivity contribution in [2.24, 2.45) is 0 Å². The topological polar surface area (TPSA) is 0 Å². The SMILES string of the molecule is CC(C)(C)[Si](C)(C)c1ccc(-c2ccc([Si](Cc3ccc(Br)s3)c3ccc(-c4ccc([Si](C)(C)C(C)(C)C)s4)s3)s2)s1. The Labute approximate surface area is 285 Å². The molecule has 5 aromatic rings. The summed E-state index contributed by atoms with van der Waals surface area (Å²) in [6.45, 7) is 24.6. The van der Waals surface area contributed by atoms with Crippen LogP contribution < -0.4 is 18.0 Å². The second-order valence-corrected chi connectivity index (χ2v) is 35.6. The van der Waals surface area contributed by atoms with Gasteiger partial charge in [0.15, 0.2) is 8.80 Å². The minimum absolute atomic E-state index is 0.353. The van der Waals surface area contributed by atoms with Gasteiger partial charge in [-0.1, -0.05) is 92.0 Å². The van der Waals surface area contributed by atoms with Gasteiger partial charge in [0.05, 0.1) is 19.9 Å². The van der Waals surface area contributed by atoms with E-state index in [9.17, 15) is 0 Å². The van der Waals surface area contributed by atoms with Crippen LogP contribution in [0.1, 0.15) is 46.4 Å². The summed E-state index contributed by atoms with van der Waals surface area (Å²) in [4.78, 5) is 7.23. The normalized spacial score (nSPS) is 13.4. The molecule has 0 aromatic carbocycles. The van der Waals surface area contributed by atoms with Crippen molar-refractivity contribution in [2.45, 2.75) is 83.9 Å². The van der Waals surface area contributed by atoms with Crippen LogP contribution in [0, 0.1) is 0 Å². The van der Waals surface area contributed by atoms with Gasteiger partial charge in [0.1, 0.15) is 0 Å². The first-order valence-electron chi connectivity index (χ1n) is 14.5. The number of hydrogen-bond donors (Lipinski definition) is 0. The van der Waals surface area contributed by atoms with Crippen LogP contribution in [0.4, 0.5) is 0 Å². The molecule has 0 atom stereocenters. The van der Waals surface area contributed by atoms with Gasteiger partial charge in [-0.3, -0.25) is 0 Å². The lowest BCUT2D eigenvalue weighted by Crippen LogP contribution is -2.47. The van der Waals surface area contributed by atoms with Crippen LogP contribution in [0.25, 0.3) is 19.5 Å². The van der Waals surface area contributed by atoms with Crippen molar-refractivity contribution >= 4 is 116 Å². The molecule has 0 spiro atoms. The van der Waals surface area contributed by atoms with E-state index >= 15 is 0 Å². The summed E-state index contributed by atoms with van der Waals surface area (Å²) >= 11 is 13.8. The Morgan fingerprint density at radius 2 is 0.952 bits per heavy atom. The molecule has 1 radical (unpaired) electrons. The second kappa shape index (κ2) is 12.1. The highest BCUT2D eigenvalue weighted by atomic mass is 79.9. The van der Waals surface area contributed by atoms with Crippen molar-refractivity contribution in [3.8, 4) is 19.5 Å². The van der Waals surface area contributed by atoms with Crippen LogP contribution in [-0.4, -0.2) is 24.9 Å². The largest absolute Gasteiger partial charge is 0.153 e. The van der Waals surface area contributed by atoms with E-state index in [1.807, 2.05) is 56.7 Å². The van der Waals surface area contributed by atoms with Gasteiger partial charge in [0, 0.05) is 24.4 Å². The van der Waals surface area contributed by atoms with Gasteiger partial charge < -0.3 is 0 Å². The Bertz CT molecular complexity index is 1560. The van der Waals surface area contributed by atoms with Crippen LogP contribution in [0.2, 0.25) is 36.3 Å². The molecule has 5 rings (SSSR count). The predicted molar refractivity (Wildman–Crippen MR) is 210 cm³/mol. The maximum Gasteiger partial charge on any atom is 0.153 e. The molecule has 5 aromatic heterocycles. The molecule has 0 saturated carbocycles. The summed E-state index contributed by atoms with van der Waals surface area (Å²) in [6.07, 6.45) is 0. The van der Waals surface area contributed by atoms with Crippen LogP contribution in [0.3, 0.4) is 0 Å². The smallest absolute Gasteiger partial charge is 0.144 e. The summed E-state index contributed by atoms with van der Waals surface area (Å²) in [7, 11) is -4.00. The third-order valence-corrected chi connectivity index (χ3v) is 33.7. The molecule has 0 N–H and O–H groups in total. The maximum atomic E-state index is 3.71. The van der Waals surface area contributed by atoms with E-state index in [4.69, 9.17) is 0 Å². The fourth-order valence-electron chi connectivity index (χ4n) is 4.53. The van der Waals surface area contributed by atoms with Gasteiger partial charge in [0.2, 0.25) is 0 Å². The van der Waals surface area contributed by atoms with E-state index in [0.29, 0.717) is 10.1 Å². The highest BCUT2D eigenvalue weighted by Gasteiger charge is 2.39. The van der Waals surface area contributed by atoms with Crippen LogP contribution in [0.15, 0.2) is 64.5 Å². The molecule has 0 fully saturated rings. The van der Waals surface area contributed by atoms with Crippen molar-refractivity contribution in [3.63, 3.8) is 0 Å². The molecular formula is C33H42BrS5Si3. The predicted octanol–water partition coefficient (Wildman–Crippen LogP) is 10.9. The zero-order chi connectivity index (χ0) is 30.7. The highest BCUT2D eigenvalue weighted by Crippen LogP contribution is 2.40. The molecular weight excluding hydrogens is 721 g/mol. The van der Waals surface area contributed by atoms with Crippen LogP contribution in [-0.2, 0) is 6.04 Å². The van der Waals surface area contributed by atoms with Crippen molar-refractivity contribution < 1.29 is 0 Å². The van der Waals surface area contributed by atoms with Crippen molar-refractivity contribution in [2.75, 3.05) is 0 Å². The lowest BCUT2D eigenvalue weighted by atomic mass is 10.2. The van der Waals surface area contributed by atoms with Crippen molar-refractivity contribution in [1.82, 2.24) is 0 Å². The van der Waals surface area contributed by atoms with Crippen molar-refractivity contribution in [3.05, 3.63) is 69.3 Å². The van der Waals surface area contributed by atoms with Gasteiger partial charge in [0.25, 0.3) is 0 Å². The molecule has 223 valence electrons. The second-order valence-electron chi connectivity index (χ2n) is 14.3. The lowest BCUT2D eigenvalue weighted by Gasteiger charge is -2.35. The molecule has 5 heterocycles. The van der Waals surface area contributed by atoms with E-state index in [-0.39, 0.29) is 0 Å². The fourth-order valence-corrected chi connectivity index (χ4v) is 21.3. The Kier molecular flexibility index (Phi) is 9.51. The molecule has 0 bridgehead atoms. The van der Waals surface area contributed by atoms with Gasteiger partial charge in [-0.25, -0.2) is 0 Å². The van der Waals surface area contributed by atoms with E-state index in [2.05, 4.69) is 144 Å². The Hall–Kier alpha value is -0.369. The number of halogens is 1. The molecule has 0 aliphatic heterocycles. The number of thiophene rings is 5. The van der Waals surface area contributed by atoms with Gasteiger partial charge in [-0.2, -0.15) is 0 Å². The highest BCUT2D eigenvalue weighted by molar-refractivity contribution is 9.11. The summed E-state index contributed by atoms with van der Waals surface area (Å²) in [5.74, 6) is 0. The zero-order valence-corrected chi connectivity index (χ0v) is 35.1. The first kappa shape index (κ1) is 33.0. The first-order valence-corrected chi connectivity index (χ1v) is 27.1. The van der Waals surface area contributed by atoms with Gasteiger partial charge in [-0.05, 0) is 86.5 Å². The number of rotatable bonds is 8. The quantitative estimate of drug-likeness (QED) is 0.138. The maximum absolute atomic E-state index is 3.71. The summed E-state index contributed by atoms with van der Waals surface area (Å²) in [6, 6.07) is 25.0. The number of hydrogen-bond acceptors (Lipinski definition) is 5. The minimum atomic E-state index is -1.53. The minimum Gasteiger partial charge on any atom is -0.144 e.